The lowest BCUT2D eigenvalue weighted by Gasteiger charge is -2.25. The van der Waals surface area contributed by atoms with E-state index in [-0.39, 0.29) is 0 Å². The Morgan fingerprint density at radius 1 is 1.39 bits per heavy atom. The number of aliphatic carboxylic acids is 1. The Hall–Kier alpha value is -1.86. The van der Waals surface area contributed by atoms with Crippen LogP contribution in [0.25, 0.3) is 0 Å². The molecule has 0 atom stereocenters. The van der Waals surface area contributed by atoms with E-state index in [9.17, 15) is 13.2 Å². The molecule has 0 aliphatic carbocycles. The summed E-state index contributed by atoms with van der Waals surface area (Å²) in [4.78, 5) is 12.6. The molecule has 2 N–H and O–H groups in total. The molecular formula is C11H13NO5S. The van der Waals surface area contributed by atoms with E-state index in [1.165, 1.54) is 0 Å². The highest BCUT2D eigenvalue weighted by Gasteiger charge is 2.14. The first-order valence-electron chi connectivity index (χ1n) is 4.96. The molecule has 2 aliphatic heterocycles. The van der Waals surface area contributed by atoms with E-state index < -0.39 is 16.1 Å². The minimum Gasteiger partial charge on any atom is -0.478 e. The Kier molecular flexibility index (Phi) is 4.46. The van der Waals surface area contributed by atoms with Crippen LogP contribution in [0, 0.1) is 0 Å². The zero-order valence-corrected chi connectivity index (χ0v) is 10.5. The molecule has 0 unspecified atom stereocenters. The molecule has 2 aliphatic rings. The van der Waals surface area contributed by atoms with Gasteiger partial charge in [0.2, 0.25) is 0 Å². The van der Waals surface area contributed by atoms with Gasteiger partial charge in [-0.1, -0.05) is 12.2 Å². The van der Waals surface area contributed by atoms with Crippen molar-refractivity contribution in [3.63, 3.8) is 0 Å². The molecule has 0 aromatic carbocycles. The van der Waals surface area contributed by atoms with Crippen molar-refractivity contribution in [2.45, 2.75) is 0 Å². The second-order valence-corrected chi connectivity index (χ2v) is 5.09. The summed E-state index contributed by atoms with van der Waals surface area (Å²) in [5.74, 6) is -0.866. The summed E-state index contributed by atoms with van der Waals surface area (Å²) in [6, 6.07) is 0. The molecule has 0 spiro atoms. The van der Waals surface area contributed by atoms with Crippen molar-refractivity contribution in [3.05, 3.63) is 47.9 Å². The Balaban J connectivity index is 0.000000280. The third-order valence-corrected chi connectivity index (χ3v) is 2.03. The van der Waals surface area contributed by atoms with E-state index >= 15 is 0 Å². The third kappa shape index (κ3) is 4.98. The summed E-state index contributed by atoms with van der Waals surface area (Å²) >= 11 is 0. The SMILES string of the molecule is CS(=O)(=O)O.O=C(O)C1=CCN2C=CC=CC2=C1. The third-order valence-electron chi connectivity index (χ3n) is 2.03. The minimum absolute atomic E-state index is 0.367. The van der Waals surface area contributed by atoms with Crippen LogP contribution in [0.4, 0.5) is 0 Å². The maximum absolute atomic E-state index is 10.7. The molecule has 0 aromatic rings. The highest BCUT2D eigenvalue weighted by atomic mass is 32.2. The fraction of sp³-hybridized carbons (Fsp3) is 0.182. The molecule has 7 heteroatoms. The molecule has 98 valence electrons. The van der Waals surface area contributed by atoms with Gasteiger partial charge in [-0.3, -0.25) is 4.55 Å². The maximum Gasteiger partial charge on any atom is 0.335 e. The molecule has 6 nitrogen and oxygen atoms in total. The molecule has 18 heavy (non-hydrogen) atoms. The van der Waals surface area contributed by atoms with E-state index in [4.69, 9.17) is 9.66 Å². The maximum atomic E-state index is 10.7. The van der Waals surface area contributed by atoms with Gasteiger partial charge in [-0.15, -0.1) is 0 Å². The number of rotatable bonds is 1. The van der Waals surface area contributed by atoms with Gasteiger partial charge in [0.25, 0.3) is 10.1 Å². The predicted molar refractivity (Wildman–Crippen MR) is 66.3 cm³/mol. The molecular weight excluding hydrogens is 258 g/mol. The molecule has 0 amide bonds. The first-order valence-corrected chi connectivity index (χ1v) is 6.81. The molecule has 0 aromatic heterocycles. The Labute approximate surface area is 105 Å². The van der Waals surface area contributed by atoms with Gasteiger partial charge in [0.1, 0.15) is 0 Å². The van der Waals surface area contributed by atoms with Gasteiger partial charge in [-0.05, 0) is 18.2 Å². The standard InChI is InChI=1S/C10H9NO2.CH4O3S/c12-10(13)8-4-6-11-5-2-1-3-9(11)7-8;1-5(2,3)4/h1-5,7H,6H2,(H,12,13);1H3,(H,2,3,4). The van der Waals surface area contributed by atoms with Crippen LogP contribution in [0.2, 0.25) is 0 Å². The number of allylic oxidation sites excluding steroid dienone is 3. The highest BCUT2D eigenvalue weighted by molar-refractivity contribution is 7.85. The van der Waals surface area contributed by atoms with Crippen molar-refractivity contribution in [1.29, 1.82) is 0 Å². The van der Waals surface area contributed by atoms with Crippen LogP contribution in [0.15, 0.2) is 47.9 Å². The number of fused-ring (bicyclic) bond motifs is 1. The normalized spacial score (nSPS) is 17.1. The second kappa shape index (κ2) is 5.65. The molecule has 2 rings (SSSR count). The van der Waals surface area contributed by atoms with Crippen LogP contribution in [-0.4, -0.2) is 41.7 Å². The number of nitrogens with zero attached hydrogens (tertiary/aromatic N) is 1. The van der Waals surface area contributed by atoms with Crippen molar-refractivity contribution in [2.24, 2.45) is 0 Å². The lowest BCUT2D eigenvalue weighted by molar-refractivity contribution is -0.132. The van der Waals surface area contributed by atoms with Crippen LogP contribution in [0.3, 0.4) is 0 Å². The van der Waals surface area contributed by atoms with Crippen LogP contribution >= 0.6 is 0 Å². The fourth-order valence-corrected chi connectivity index (χ4v) is 1.35. The lowest BCUT2D eigenvalue weighted by atomic mass is 10.1. The average molecular weight is 271 g/mol. The van der Waals surface area contributed by atoms with Crippen molar-refractivity contribution in [2.75, 3.05) is 12.8 Å². The fourth-order valence-electron chi connectivity index (χ4n) is 1.35. The second-order valence-electron chi connectivity index (χ2n) is 3.62. The Bertz CT molecular complexity index is 546. The van der Waals surface area contributed by atoms with Crippen LogP contribution < -0.4 is 0 Å². The Morgan fingerprint density at radius 2 is 2.00 bits per heavy atom. The minimum atomic E-state index is -3.67. The molecule has 0 saturated carbocycles. The topological polar surface area (TPSA) is 94.9 Å². The Morgan fingerprint density at radius 3 is 2.56 bits per heavy atom. The first kappa shape index (κ1) is 14.2. The summed E-state index contributed by atoms with van der Waals surface area (Å²) in [7, 11) is -3.67. The predicted octanol–water partition coefficient (Wildman–Crippen LogP) is 0.784. The number of carboxylic acids is 1. The van der Waals surface area contributed by atoms with E-state index in [1.54, 1.807) is 12.2 Å². The molecule has 0 saturated heterocycles. The summed E-state index contributed by atoms with van der Waals surface area (Å²) in [5, 5.41) is 8.76. The smallest absolute Gasteiger partial charge is 0.335 e. The van der Waals surface area contributed by atoms with Crippen LogP contribution in [0.5, 0.6) is 0 Å². The zero-order chi connectivity index (χ0) is 13.8. The summed E-state index contributed by atoms with van der Waals surface area (Å²) < 4.78 is 25.9. The summed E-state index contributed by atoms with van der Waals surface area (Å²) in [5.41, 5.74) is 1.30. The van der Waals surface area contributed by atoms with Gasteiger partial charge in [0.05, 0.1) is 11.8 Å². The zero-order valence-electron chi connectivity index (χ0n) is 9.65. The van der Waals surface area contributed by atoms with Gasteiger partial charge in [0.15, 0.2) is 0 Å². The van der Waals surface area contributed by atoms with Gasteiger partial charge in [-0.2, -0.15) is 8.42 Å². The lowest BCUT2D eigenvalue weighted by Crippen LogP contribution is -2.22. The van der Waals surface area contributed by atoms with Gasteiger partial charge < -0.3 is 10.0 Å². The number of hydrogen-bond donors (Lipinski definition) is 2. The quantitative estimate of drug-likeness (QED) is 0.684. The van der Waals surface area contributed by atoms with Crippen LogP contribution in [0.1, 0.15) is 0 Å². The highest BCUT2D eigenvalue weighted by Crippen LogP contribution is 2.19. The summed E-state index contributed by atoms with van der Waals surface area (Å²) in [6.07, 6.45) is 11.7. The molecule has 2 heterocycles. The monoisotopic (exact) mass is 271 g/mol. The van der Waals surface area contributed by atoms with Crippen molar-refractivity contribution in [1.82, 2.24) is 4.90 Å². The molecule has 0 radical (unpaired) electrons. The van der Waals surface area contributed by atoms with E-state index in [0.29, 0.717) is 18.4 Å². The van der Waals surface area contributed by atoms with Gasteiger partial charge in [-0.25, -0.2) is 4.79 Å². The molecule has 0 bridgehead atoms. The van der Waals surface area contributed by atoms with E-state index in [2.05, 4.69) is 0 Å². The largest absolute Gasteiger partial charge is 0.478 e. The molecule has 0 fully saturated rings. The van der Waals surface area contributed by atoms with Crippen molar-refractivity contribution in [3.8, 4) is 0 Å². The number of carboxylic acid groups (broad SMARTS) is 1. The van der Waals surface area contributed by atoms with E-state index in [1.807, 2.05) is 29.3 Å². The average Bonchev–Trinajstić information content (AvgIpc) is 2.26. The summed E-state index contributed by atoms with van der Waals surface area (Å²) in [6.45, 7) is 0.633. The van der Waals surface area contributed by atoms with Gasteiger partial charge >= 0.3 is 5.97 Å². The van der Waals surface area contributed by atoms with Crippen molar-refractivity contribution < 1.29 is 22.9 Å². The first-order chi connectivity index (χ1) is 8.27. The van der Waals surface area contributed by atoms with E-state index in [0.717, 1.165) is 5.70 Å². The number of carbonyl (C=O) groups is 1. The number of hydrogen-bond acceptors (Lipinski definition) is 4. The van der Waals surface area contributed by atoms with Gasteiger partial charge in [0, 0.05) is 18.4 Å². The van der Waals surface area contributed by atoms with Crippen LogP contribution in [-0.2, 0) is 14.9 Å². The van der Waals surface area contributed by atoms with Crippen molar-refractivity contribution >= 4 is 16.1 Å².